The molecule has 3 nitrogen and oxygen atoms in total. The van der Waals surface area contributed by atoms with Gasteiger partial charge in [0.2, 0.25) is 0 Å². The summed E-state index contributed by atoms with van der Waals surface area (Å²) >= 11 is 0. The third kappa shape index (κ3) is 6.01. The van der Waals surface area contributed by atoms with Gasteiger partial charge >= 0.3 is 0 Å². The van der Waals surface area contributed by atoms with Crippen molar-refractivity contribution in [2.24, 2.45) is 0 Å². The highest BCUT2D eigenvalue weighted by molar-refractivity contribution is 5.86. The van der Waals surface area contributed by atoms with E-state index in [9.17, 15) is 5.26 Å². The zero-order valence-electron chi connectivity index (χ0n) is 31.1. The highest BCUT2D eigenvalue weighted by atomic mass is 14.9. The maximum absolute atomic E-state index is 9.75. The molecule has 1 aromatic heterocycles. The van der Waals surface area contributed by atoms with E-state index in [1.807, 2.05) is 42.5 Å². The molecule has 7 aromatic carbocycles. The van der Waals surface area contributed by atoms with Crippen molar-refractivity contribution in [1.82, 2.24) is 9.97 Å². The molecule has 0 bridgehead atoms. The van der Waals surface area contributed by atoms with Gasteiger partial charge in [-0.2, -0.15) is 5.26 Å². The Bertz CT molecular complexity index is 2710. The van der Waals surface area contributed by atoms with Crippen LogP contribution in [0.1, 0.15) is 48.8 Å². The fourth-order valence-electron chi connectivity index (χ4n) is 9.10. The average Bonchev–Trinajstić information content (AvgIpc) is 3.54. The van der Waals surface area contributed by atoms with Gasteiger partial charge in [-0.25, -0.2) is 9.97 Å². The summed E-state index contributed by atoms with van der Waals surface area (Å²) in [5, 5.41) is 9.75. The molecule has 1 saturated carbocycles. The van der Waals surface area contributed by atoms with Gasteiger partial charge in [-0.15, -0.1) is 0 Å². The van der Waals surface area contributed by atoms with Crippen molar-refractivity contribution in [3.63, 3.8) is 0 Å². The summed E-state index contributed by atoms with van der Waals surface area (Å²) in [5.74, 6) is 0.716. The van der Waals surface area contributed by atoms with E-state index >= 15 is 0 Å². The number of fused-ring (bicyclic) bond motifs is 5. The van der Waals surface area contributed by atoms with Crippen LogP contribution in [0.4, 0.5) is 0 Å². The molecule has 10 rings (SSSR count). The Kier molecular flexibility index (Phi) is 8.46. The van der Waals surface area contributed by atoms with Gasteiger partial charge in [0, 0.05) is 22.1 Å². The second kappa shape index (κ2) is 14.1. The van der Waals surface area contributed by atoms with E-state index < -0.39 is 0 Å². The SMILES string of the molecule is N#Cc1ccc2c(c1)C1(CCCCC1)c1cc(-c3cccc(-c4cccc(-c5ccc(-c6cc(-c7ccccc7)nc(-c7ccccc7)n6)cc5)c4)c3)ccc1-2. The van der Waals surface area contributed by atoms with E-state index in [1.165, 1.54) is 69.3 Å². The summed E-state index contributed by atoms with van der Waals surface area (Å²) in [4.78, 5) is 9.98. The molecule has 0 radical (unpaired) electrons. The molecule has 1 fully saturated rings. The number of aromatic nitrogens is 2. The maximum Gasteiger partial charge on any atom is 0.160 e. The minimum atomic E-state index is -0.00485. The summed E-state index contributed by atoms with van der Waals surface area (Å²) in [6.45, 7) is 0. The van der Waals surface area contributed by atoms with Crippen LogP contribution in [0.3, 0.4) is 0 Å². The highest BCUT2D eigenvalue weighted by Crippen LogP contribution is 2.56. The lowest BCUT2D eigenvalue weighted by molar-refractivity contribution is 0.353. The standard InChI is InChI=1S/C53H39N3/c54-35-36-20-26-46-47-27-25-45(33-49(47)53(48(46)30-36)28-8-3-9-29-53)44-19-11-18-43(32-44)42-17-10-16-41(31-42)37-21-23-39(24-22-37)51-34-50(38-12-4-1-5-13-38)55-52(56-51)40-14-6-2-7-15-40/h1-2,4-7,10-27,30-34H,3,8-9,28-29H2. The van der Waals surface area contributed by atoms with Crippen LogP contribution < -0.4 is 0 Å². The first-order valence-corrected chi connectivity index (χ1v) is 19.7. The quantitative estimate of drug-likeness (QED) is 0.172. The lowest BCUT2D eigenvalue weighted by Crippen LogP contribution is -2.28. The first-order valence-electron chi connectivity index (χ1n) is 19.7. The van der Waals surface area contributed by atoms with Crippen LogP contribution in [0, 0.1) is 11.3 Å². The Morgan fingerprint density at radius 1 is 0.393 bits per heavy atom. The molecule has 0 unspecified atom stereocenters. The van der Waals surface area contributed by atoms with Crippen LogP contribution in [-0.4, -0.2) is 9.97 Å². The third-order valence-electron chi connectivity index (χ3n) is 11.9. The molecule has 0 aliphatic heterocycles. The number of hydrogen-bond acceptors (Lipinski definition) is 3. The molecular weight excluding hydrogens is 679 g/mol. The highest BCUT2D eigenvalue weighted by Gasteiger charge is 2.44. The minimum absolute atomic E-state index is 0.00485. The molecule has 1 spiro atoms. The number of rotatable bonds is 6. The summed E-state index contributed by atoms with van der Waals surface area (Å²) in [6.07, 6.45) is 6.00. The Labute approximate surface area is 328 Å². The van der Waals surface area contributed by atoms with Gasteiger partial charge in [-0.1, -0.05) is 159 Å². The lowest BCUT2D eigenvalue weighted by atomic mass is 9.67. The molecule has 0 saturated heterocycles. The van der Waals surface area contributed by atoms with E-state index in [2.05, 4.69) is 140 Å². The fourth-order valence-corrected chi connectivity index (χ4v) is 9.10. The average molecular weight is 718 g/mol. The smallest absolute Gasteiger partial charge is 0.160 e. The van der Waals surface area contributed by atoms with Crippen LogP contribution in [0.2, 0.25) is 0 Å². The summed E-state index contributed by atoms with van der Waals surface area (Å²) < 4.78 is 0. The molecule has 0 N–H and O–H groups in total. The Morgan fingerprint density at radius 2 is 0.857 bits per heavy atom. The van der Waals surface area contributed by atoms with Gasteiger partial charge in [0.25, 0.3) is 0 Å². The second-order valence-electron chi connectivity index (χ2n) is 15.2. The van der Waals surface area contributed by atoms with Gasteiger partial charge in [0.15, 0.2) is 5.82 Å². The molecule has 0 amide bonds. The number of nitriles is 1. The summed E-state index contributed by atoms with van der Waals surface area (Å²) in [7, 11) is 0. The van der Waals surface area contributed by atoms with Crippen molar-refractivity contribution in [2.45, 2.75) is 37.5 Å². The van der Waals surface area contributed by atoms with Gasteiger partial charge in [0.1, 0.15) is 0 Å². The molecule has 3 heteroatoms. The van der Waals surface area contributed by atoms with E-state index in [0.717, 1.165) is 52.0 Å². The number of hydrogen-bond donors (Lipinski definition) is 0. The normalized spacial score (nSPS) is 13.8. The van der Waals surface area contributed by atoms with Crippen LogP contribution in [-0.2, 0) is 5.41 Å². The van der Waals surface area contributed by atoms with Gasteiger partial charge in [-0.3, -0.25) is 0 Å². The van der Waals surface area contributed by atoms with Crippen molar-refractivity contribution in [3.05, 3.63) is 193 Å². The number of nitrogens with zero attached hydrogens (tertiary/aromatic N) is 3. The van der Waals surface area contributed by atoms with Crippen molar-refractivity contribution in [1.29, 1.82) is 5.26 Å². The van der Waals surface area contributed by atoms with Crippen LogP contribution in [0.25, 0.3) is 78.4 Å². The largest absolute Gasteiger partial charge is 0.228 e. The third-order valence-corrected chi connectivity index (χ3v) is 11.9. The molecule has 56 heavy (non-hydrogen) atoms. The Balaban J connectivity index is 0.959. The van der Waals surface area contributed by atoms with E-state index in [0.29, 0.717) is 5.82 Å². The minimum Gasteiger partial charge on any atom is -0.228 e. The predicted octanol–water partition coefficient (Wildman–Crippen LogP) is 13.6. The van der Waals surface area contributed by atoms with Crippen LogP contribution in [0.5, 0.6) is 0 Å². The topological polar surface area (TPSA) is 49.6 Å². The van der Waals surface area contributed by atoms with E-state index in [1.54, 1.807) is 0 Å². The van der Waals surface area contributed by atoms with Gasteiger partial charge in [0.05, 0.1) is 23.0 Å². The summed E-state index contributed by atoms with van der Waals surface area (Å²) in [5.41, 5.74) is 18.2. The molecule has 2 aliphatic carbocycles. The van der Waals surface area contributed by atoms with E-state index in [-0.39, 0.29) is 5.41 Å². The second-order valence-corrected chi connectivity index (χ2v) is 15.2. The van der Waals surface area contributed by atoms with Crippen molar-refractivity contribution < 1.29 is 0 Å². The van der Waals surface area contributed by atoms with Crippen LogP contribution in [0.15, 0.2) is 176 Å². The Morgan fingerprint density at radius 3 is 1.46 bits per heavy atom. The number of benzene rings is 7. The lowest BCUT2D eigenvalue weighted by Gasteiger charge is -2.36. The predicted molar refractivity (Wildman–Crippen MR) is 229 cm³/mol. The summed E-state index contributed by atoms with van der Waals surface area (Å²) in [6, 6.07) is 64.9. The first-order chi connectivity index (χ1) is 27.6. The van der Waals surface area contributed by atoms with Crippen molar-refractivity contribution in [3.8, 4) is 84.5 Å². The fraction of sp³-hybridized carbons (Fsp3) is 0.113. The zero-order chi connectivity index (χ0) is 37.5. The maximum atomic E-state index is 9.75. The molecular formula is C53H39N3. The molecule has 2 aliphatic rings. The van der Waals surface area contributed by atoms with Crippen LogP contribution >= 0.6 is 0 Å². The van der Waals surface area contributed by atoms with Gasteiger partial charge < -0.3 is 0 Å². The zero-order valence-corrected chi connectivity index (χ0v) is 31.1. The molecule has 266 valence electrons. The van der Waals surface area contributed by atoms with E-state index in [4.69, 9.17) is 9.97 Å². The monoisotopic (exact) mass is 717 g/mol. The molecule has 1 heterocycles. The van der Waals surface area contributed by atoms with Crippen molar-refractivity contribution >= 4 is 0 Å². The molecule has 8 aromatic rings. The Hall–Kier alpha value is -6.89. The van der Waals surface area contributed by atoms with Gasteiger partial charge in [-0.05, 0) is 105 Å². The molecule has 0 atom stereocenters. The van der Waals surface area contributed by atoms with Crippen molar-refractivity contribution in [2.75, 3.05) is 0 Å². The first kappa shape index (κ1) is 33.7.